The number of pyridine rings is 1. The predicted octanol–water partition coefficient (Wildman–Crippen LogP) is 3.96. The van der Waals surface area contributed by atoms with Crippen LogP contribution >= 0.6 is 0 Å². The van der Waals surface area contributed by atoms with Crippen molar-refractivity contribution in [2.24, 2.45) is 0 Å². The van der Waals surface area contributed by atoms with E-state index in [9.17, 15) is 10.2 Å². The molecule has 1 atom stereocenters. The second kappa shape index (κ2) is 7.15. The molecule has 0 fully saturated rings. The maximum Gasteiger partial charge on any atom is 0.214 e. The largest absolute Gasteiger partial charge is 0.508 e. The van der Waals surface area contributed by atoms with Gasteiger partial charge < -0.3 is 10.2 Å². The molecule has 0 spiro atoms. The minimum absolute atomic E-state index is 0.0907. The van der Waals surface area contributed by atoms with Crippen LogP contribution in [0, 0.1) is 0 Å². The van der Waals surface area contributed by atoms with E-state index >= 15 is 0 Å². The first-order valence-corrected chi connectivity index (χ1v) is 6.57. The lowest BCUT2D eigenvalue weighted by Gasteiger charge is -2.14. The molecule has 0 aliphatic carbocycles. The summed E-state index contributed by atoms with van der Waals surface area (Å²) in [5, 5.41) is 18.8. The third-order valence-electron chi connectivity index (χ3n) is 3.13. The molecule has 1 rings (SSSR count). The highest BCUT2D eigenvalue weighted by Gasteiger charge is 2.12. The molecule has 1 unspecified atom stereocenters. The number of nitrogens with zero attached hydrogens (tertiary/aromatic N) is 1. The SMILES string of the molecule is CCCCCCC(CC)c1cc(O)cc(O)n1. The van der Waals surface area contributed by atoms with Crippen LogP contribution in [0.4, 0.5) is 0 Å². The van der Waals surface area contributed by atoms with E-state index in [0.29, 0.717) is 5.92 Å². The van der Waals surface area contributed by atoms with Gasteiger partial charge in [0.05, 0.1) is 5.69 Å². The molecule has 0 radical (unpaired) electrons. The van der Waals surface area contributed by atoms with E-state index in [1.165, 1.54) is 31.7 Å². The summed E-state index contributed by atoms with van der Waals surface area (Å²) in [6.07, 6.45) is 7.01. The number of hydrogen-bond donors (Lipinski definition) is 2. The highest BCUT2D eigenvalue weighted by molar-refractivity contribution is 5.29. The van der Waals surface area contributed by atoms with Gasteiger partial charge in [0.15, 0.2) is 0 Å². The zero-order valence-corrected chi connectivity index (χ0v) is 10.8. The Kier molecular flexibility index (Phi) is 5.81. The highest BCUT2D eigenvalue weighted by atomic mass is 16.3. The normalized spacial score (nSPS) is 12.6. The molecule has 1 aromatic heterocycles. The first kappa shape index (κ1) is 13.8. The lowest BCUT2D eigenvalue weighted by atomic mass is 9.94. The lowest BCUT2D eigenvalue weighted by molar-refractivity contribution is 0.425. The van der Waals surface area contributed by atoms with Gasteiger partial charge in [0.25, 0.3) is 0 Å². The lowest BCUT2D eigenvalue weighted by Crippen LogP contribution is -2.00. The molecule has 0 saturated carbocycles. The van der Waals surface area contributed by atoms with Gasteiger partial charge in [0, 0.05) is 18.1 Å². The summed E-state index contributed by atoms with van der Waals surface area (Å²) in [5.41, 5.74) is 0.807. The summed E-state index contributed by atoms with van der Waals surface area (Å²) in [4.78, 5) is 4.10. The molecule has 2 N–H and O–H groups in total. The molecule has 0 amide bonds. The van der Waals surface area contributed by atoms with Crippen LogP contribution in [0.5, 0.6) is 11.6 Å². The van der Waals surface area contributed by atoms with E-state index in [-0.39, 0.29) is 11.6 Å². The molecule has 1 aromatic rings. The Morgan fingerprint density at radius 3 is 2.47 bits per heavy atom. The van der Waals surface area contributed by atoms with Crippen molar-refractivity contribution in [3.8, 4) is 11.6 Å². The first-order chi connectivity index (χ1) is 8.17. The van der Waals surface area contributed by atoms with Gasteiger partial charge in [0.2, 0.25) is 5.88 Å². The highest BCUT2D eigenvalue weighted by Crippen LogP contribution is 2.28. The van der Waals surface area contributed by atoms with E-state index in [1.54, 1.807) is 6.07 Å². The average Bonchev–Trinajstić information content (AvgIpc) is 2.28. The Hall–Kier alpha value is -1.25. The van der Waals surface area contributed by atoms with E-state index in [2.05, 4.69) is 18.8 Å². The van der Waals surface area contributed by atoms with Crippen molar-refractivity contribution in [1.29, 1.82) is 0 Å². The minimum atomic E-state index is -0.0907. The van der Waals surface area contributed by atoms with E-state index in [4.69, 9.17) is 0 Å². The van der Waals surface area contributed by atoms with Gasteiger partial charge in [-0.2, -0.15) is 0 Å². The maximum atomic E-state index is 9.45. The summed E-state index contributed by atoms with van der Waals surface area (Å²) < 4.78 is 0. The van der Waals surface area contributed by atoms with Gasteiger partial charge in [-0.1, -0.05) is 39.5 Å². The predicted molar refractivity (Wildman–Crippen MR) is 69.4 cm³/mol. The second-order valence-corrected chi connectivity index (χ2v) is 4.56. The molecular weight excluding hydrogens is 214 g/mol. The summed E-state index contributed by atoms with van der Waals surface area (Å²) in [5.74, 6) is 0.344. The average molecular weight is 237 g/mol. The van der Waals surface area contributed by atoms with Gasteiger partial charge in [-0.15, -0.1) is 0 Å². The number of hydrogen-bond acceptors (Lipinski definition) is 3. The zero-order chi connectivity index (χ0) is 12.7. The molecule has 96 valence electrons. The van der Waals surface area contributed by atoms with Crippen LogP contribution in [0.25, 0.3) is 0 Å². The van der Waals surface area contributed by atoms with E-state index < -0.39 is 0 Å². The fourth-order valence-electron chi connectivity index (χ4n) is 2.11. The zero-order valence-electron chi connectivity index (χ0n) is 10.8. The monoisotopic (exact) mass is 237 g/mol. The molecule has 0 aromatic carbocycles. The maximum absolute atomic E-state index is 9.45. The van der Waals surface area contributed by atoms with Crippen LogP contribution in [0.15, 0.2) is 12.1 Å². The standard InChI is InChI=1S/C14H23NO2/c1-3-5-6-7-8-11(4-2)13-9-12(16)10-14(17)15-13/h9-11H,3-8H2,1-2H3,(H2,15,16,17). The smallest absolute Gasteiger partial charge is 0.214 e. The van der Waals surface area contributed by atoms with Crippen LogP contribution in [-0.2, 0) is 0 Å². The van der Waals surface area contributed by atoms with Crippen molar-refractivity contribution < 1.29 is 10.2 Å². The number of aromatic hydroxyl groups is 2. The van der Waals surface area contributed by atoms with Crippen LogP contribution in [0.1, 0.15) is 64.0 Å². The van der Waals surface area contributed by atoms with Crippen molar-refractivity contribution in [3.63, 3.8) is 0 Å². The fourth-order valence-corrected chi connectivity index (χ4v) is 2.11. The molecule has 0 aliphatic heterocycles. The fraction of sp³-hybridized carbons (Fsp3) is 0.643. The summed E-state index contributed by atoms with van der Waals surface area (Å²) >= 11 is 0. The topological polar surface area (TPSA) is 53.4 Å². The Morgan fingerprint density at radius 2 is 1.88 bits per heavy atom. The second-order valence-electron chi connectivity index (χ2n) is 4.56. The number of aromatic nitrogens is 1. The quantitative estimate of drug-likeness (QED) is 0.706. The summed E-state index contributed by atoms with van der Waals surface area (Å²) in [7, 11) is 0. The molecule has 17 heavy (non-hydrogen) atoms. The Balaban J connectivity index is 2.59. The van der Waals surface area contributed by atoms with E-state index in [0.717, 1.165) is 18.5 Å². The number of unbranched alkanes of at least 4 members (excludes halogenated alkanes) is 3. The van der Waals surface area contributed by atoms with Crippen LogP contribution in [0.3, 0.4) is 0 Å². The van der Waals surface area contributed by atoms with E-state index in [1.807, 2.05) is 0 Å². The third-order valence-corrected chi connectivity index (χ3v) is 3.13. The van der Waals surface area contributed by atoms with Crippen LogP contribution in [-0.4, -0.2) is 15.2 Å². The Bertz CT molecular complexity index is 319. The summed E-state index contributed by atoms with van der Waals surface area (Å²) in [6.45, 7) is 4.32. The third kappa shape index (κ3) is 4.63. The van der Waals surface area contributed by atoms with Crippen molar-refractivity contribution in [2.75, 3.05) is 0 Å². The molecule has 3 nitrogen and oxygen atoms in total. The molecule has 3 heteroatoms. The van der Waals surface area contributed by atoms with Gasteiger partial charge in [-0.3, -0.25) is 0 Å². The number of rotatable bonds is 7. The van der Waals surface area contributed by atoms with Crippen molar-refractivity contribution in [1.82, 2.24) is 4.98 Å². The Morgan fingerprint density at radius 1 is 1.12 bits per heavy atom. The van der Waals surface area contributed by atoms with Crippen LogP contribution < -0.4 is 0 Å². The molecular formula is C14H23NO2. The minimum Gasteiger partial charge on any atom is -0.508 e. The molecule has 1 heterocycles. The van der Waals surface area contributed by atoms with Gasteiger partial charge in [0.1, 0.15) is 5.75 Å². The summed E-state index contributed by atoms with van der Waals surface area (Å²) in [6, 6.07) is 2.93. The van der Waals surface area contributed by atoms with Crippen molar-refractivity contribution >= 4 is 0 Å². The van der Waals surface area contributed by atoms with Gasteiger partial charge in [-0.25, -0.2) is 4.98 Å². The van der Waals surface area contributed by atoms with Crippen LogP contribution in [0.2, 0.25) is 0 Å². The van der Waals surface area contributed by atoms with Crippen molar-refractivity contribution in [3.05, 3.63) is 17.8 Å². The van der Waals surface area contributed by atoms with Gasteiger partial charge in [-0.05, 0) is 12.8 Å². The molecule has 0 bridgehead atoms. The molecule has 0 aliphatic rings. The Labute approximate surface area is 104 Å². The first-order valence-electron chi connectivity index (χ1n) is 6.57. The van der Waals surface area contributed by atoms with Gasteiger partial charge >= 0.3 is 0 Å². The van der Waals surface area contributed by atoms with Crippen molar-refractivity contribution in [2.45, 2.75) is 58.3 Å². The molecule has 0 saturated heterocycles.